The molecule has 88 valence electrons. The maximum atomic E-state index is 5.47. The summed E-state index contributed by atoms with van der Waals surface area (Å²) in [7, 11) is 0. The maximum Gasteiger partial charge on any atom is 0.0662 e. The summed E-state index contributed by atoms with van der Waals surface area (Å²) in [5, 5.41) is 3.47. The molecule has 2 heteroatoms. The van der Waals surface area contributed by atoms with Crippen LogP contribution >= 0.6 is 0 Å². The molecule has 0 aliphatic carbocycles. The van der Waals surface area contributed by atoms with Crippen molar-refractivity contribution in [1.82, 2.24) is 5.32 Å². The van der Waals surface area contributed by atoms with Gasteiger partial charge in [0.15, 0.2) is 0 Å². The Balaban J connectivity index is 2.12. The molecule has 1 heterocycles. The van der Waals surface area contributed by atoms with Crippen LogP contribution < -0.4 is 5.32 Å². The second kappa shape index (κ2) is 4.56. The van der Waals surface area contributed by atoms with Gasteiger partial charge in [0.05, 0.1) is 19.3 Å². The molecule has 1 aliphatic heterocycles. The van der Waals surface area contributed by atoms with Crippen LogP contribution in [-0.2, 0) is 10.2 Å². The second-order valence-corrected chi connectivity index (χ2v) is 5.45. The van der Waals surface area contributed by atoms with E-state index in [9.17, 15) is 0 Å². The summed E-state index contributed by atoms with van der Waals surface area (Å²) >= 11 is 0. The zero-order valence-corrected chi connectivity index (χ0v) is 10.4. The molecular weight excluding hydrogens is 198 g/mol. The number of benzene rings is 1. The van der Waals surface area contributed by atoms with Gasteiger partial charge in [-0.25, -0.2) is 0 Å². The highest BCUT2D eigenvalue weighted by Gasteiger charge is 2.17. The van der Waals surface area contributed by atoms with Crippen molar-refractivity contribution in [3.8, 4) is 0 Å². The van der Waals surface area contributed by atoms with E-state index in [0.717, 1.165) is 19.8 Å². The first-order chi connectivity index (χ1) is 7.57. The third-order valence-electron chi connectivity index (χ3n) is 3.10. The van der Waals surface area contributed by atoms with E-state index in [0.29, 0.717) is 6.04 Å². The Morgan fingerprint density at radius 1 is 1.19 bits per heavy atom. The molecule has 2 rings (SSSR count). The summed E-state index contributed by atoms with van der Waals surface area (Å²) < 4.78 is 5.47. The minimum atomic E-state index is 0.231. The average Bonchev–Trinajstić information content (AvgIpc) is 2.29. The average molecular weight is 219 g/mol. The van der Waals surface area contributed by atoms with Crippen molar-refractivity contribution in [2.75, 3.05) is 19.8 Å². The van der Waals surface area contributed by atoms with E-state index in [-0.39, 0.29) is 5.41 Å². The molecule has 1 aromatic rings. The largest absolute Gasteiger partial charge is 0.378 e. The van der Waals surface area contributed by atoms with Crippen LogP contribution in [0.2, 0.25) is 0 Å². The van der Waals surface area contributed by atoms with Gasteiger partial charge in [0, 0.05) is 6.54 Å². The monoisotopic (exact) mass is 219 g/mol. The lowest BCUT2D eigenvalue weighted by molar-refractivity contribution is 0.0769. The highest BCUT2D eigenvalue weighted by molar-refractivity contribution is 5.29. The first-order valence-electron chi connectivity index (χ1n) is 5.99. The molecule has 1 saturated heterocycles. The van der Waals surface area contributed by atoms with E-state index in [1.807, 2.05) is 0 Å². The molecule has 1 aliphatic rings. The number of hydrogen-bond acceptors (Lipinski definition) is 2. The number of ether oxygens (including phenoxy) is 1. The molecule has 0 radical (unpaired) electrons. The Hall–Kier alpha value is -0.860. The van der Waals surface area contributed by atoms with Crippen molar-refractivity contribution in [2.24, 2.45) is 0 Å². The minimum Gasteiger partial charge on any atom is -0.378 e. The van der Waals surface area contributed by atoms with Gasteiger partial charge in [-0.05, 0) is 16.5 Å². The molecule has 16 heavy (non-hydrogen) atoms. The highest BCUT2D eigenvalue weighted by atomic mass is 16.5. The van der Waals surface area contributed by atoms with Gasteiger partial charge >= 0.3 is 0 Å². The Labute approximate surface area is 98.0 Å². The van der Waals surface area contributed by atoms with Crippen molar-refractivity contribution >= 4 is 0 Å². The lowest BCUT2D eigenvalue weighted by Crippen LogP contribution is -2.34. The van der Waals surface area contributed by atoms with Crippen molar-refractivity contribution < 1.29 is 4.74 Å². The van der Waals surface area contributed by atoms with Gasteiger partial charge in [-0.1, -0.05) is 45.0 Å². The predicted octanol–water partition coefficient (Wildman–Crippen LogP) is 2.65. The topological polar surface area (TPSA) is 21.3 Å². The van der Waals surface area contributed by atoms with Crippen LogP contribution in [0, 0.1) is 0 Å². The van der Waals surface area contributed by atoms with Crippen LogP contribution in [0.15, 0.2) is 24.3 Å². The van der Waals surface area contributed by atoms with E-state index in [1.54, 1.807) is 0 Å². The molecule has 2 nitrogen and oxygen atoms in total. The molecule has 1 atom stereocenters. The maximum absolute atomic E-state index is 5.47. The van der Waals surface area contributed by atoms with Gasteiger partial charge in [0.25, 0.3) is 0 Å². The summed E-state index contributed by atoms with van der Waals surface area (Å²) in [5.41, 5.74) is 2.94. The van der Waals surface area contributed by atoms with Gasteiger partial charge in [-0.15, -0.1) is 0 Å². The number of morpholine rings is 1. The van der Waals surface area contributed by atoms with Crippen LogP contribution in [-0.4, -0.2) is 19.8 Å². The fourth-order valence-corrected chi connectivity index (χ4v) is 1.99. The van der Waals surface area contributed by atoms with Gasteiger partial charge in [0.1, 0.15) is 0 Å². The van der Waals surface area contributed by atoms with Crippen LogP contribution in [0.1, 0.15) is 37.9 Å². The summed E-state index contributed by atoms with van der Waals surface area (Å²) in [5.74, 6) is 0. The number of hydrogen-bond donors (Lipinski definition) is 1. The molecule has 0 bridgehead atoms. The fraction of sp³-hybridized carbons (Fsp3) is 0.571. The van der Waals surface area contributed by atoms with Crippen LogP contribution in [0.3, 0.4) is 0 Å². The van der Waals surface area contributed by atoms with E-state index >= 15 is 0 Å². The first kappa shape index (κ1) is 11.6. The molecule has 1 fully saturated rings. The molecule has 0 amide bonds. The third-order valence-corrected chi connectivity index (χ3v) is 3.10. The van der Waals surface area contributed by atoms with E-state index in [1.165, 1.54) is 11.1 Å². The molecule has 0 saturated carbocycles. The van der Waals surface area contributed by atoms with Gasteiger partial charge in [-0.3, -0.25) is 0 Å². The fourth-order valence-electron chi connectivity index (χ4n) is 1.99. The van der Waals surface area contributed by atoms with Crippen LogP contribution in [0.25, 0.3) is 0 Å². The first-order valence-corrected chi connectivity index (χ1v) is 5.99. The van der Waals surface area contributed by atoms with Crippen LogP contribution in [0.4, 0.5) is 0 Å². The molecule has 1 N–H and O–H groups in total. The van der Waals surface area contributed by atoms with Crippen molar-refractivity contribution in [1.29, 1.82) is 0 Å². The zero-order chi connectivity index (χ0) is 11.6. The molecule has 0 aromatic heterocycles. The SMILES string of the molecule is CC(C)(C)c1ccc([C@H]2COCCN2)cc1. The summed E-state index contributed by atoms with van der Waals surface area (Å²) in [6.45, 7) is 9.29. The zero-order valence-electron chi connectivity index (χ0n) is 10.4. The van der Waals surface area contributed by atoms with Gasteiger partial charge < -0.3 is 10.1 Å². The van der Waals surface area contributed by atoms with Crippen molar-refractivity contribution in [2.45, 2.75) is 32.2 Å². The predicted molar refractivity (Wildman–Crippen MR) is 66.7 cm³/mol. The van der Waals surface area contributed by atoms with E-state index < -0.39 is 0 Å². The highest BCUT2D eigenvalue weighted by Crippen LogP contribution is 2.24. The number of rotatable bonds is 1. The lowest BCUT2D eigenvalue weighted by atomic mass is 9.86. The summed E-state index contributed by atoms with van der Waals surface area (Å²) in [6.07, 6.45) is 0. The normalized spacial score (nSPS) is 22.1. The third kappa shape index (κ3) is 2.63. The molecule has 0 spiro atoms. The van der Waals surface area contributed by atoms with Gasteiger partial charge in [-0.2, -0.15) is 0 Å². The van der Waals surface area contributed by atoms with Crippen molar-refractivity contribution in [3.63, 3.8) is 0 Å². The standard InChI is InChI=1S/C14H21NO/c1-14(2,3)12-6-4-11(5-7-12)13-10-16-9-8-15-13/h4-7,13,15H,8-10H2,1-3H3/t13-/m1/s1. The lowest BCUT2D eigenvalue weighted by Gasteiger charge is -2.25. The summed E-state index contributed by atoms with van der Waals surface area (Å²) in [4.78, 5) is 0. The van der Waals surface area contributed by atoms with E-state index in [4.69, 9.17) is 4.74 Å². The Morgan fingerprint density at radius 2 is 1.88 bits per heavy atom. The van der Waals surface area contributed by atoms with Crippen molar-refractivity contribution in [3.05, 3.63) is 35.4 Å². The van der Waals surface area contributed by atoms with E-state index in [2.05, 4.69) is 50.4 Å². The molecule has 0 unspecified atom stereocenters. The Bertz CT molecular complexity index is 331. The quantitative estimate of drug-likeness (QED) is 0.784. The molecular formula is C14H21NO. The smallest absolute Gasteiger partial charge is 0.0662 e. The number of nitrogens with one attached hydrogen (secondary N) is 1. The molecule has 1 aromatic carbocycles. The Morgan fingerprint density at radius 3 is 2.38 bits per heavy atom. The van der Waals surface area contributed by atoms with Gasteiger partial charge in [0.2, 0.25) is 0 Å². The Kier molecular flexibility index (Phi) is 3.31. The summed E-state index contributed by atoms with van der Waals surface area (Å²) in [6, 6.07) is 9.25. The minimum absolute atomic E-state index is 0.231. The second-order valence-electron chi connectivity index (χ2n) is 5.45. The van der Waals surface area contributed by atoms with Crippen LogP contribution in [0.5, 0.6) is 0 Å².